The zero-order valence-electron chi connectivity index (χ0n) is 16.4. The van der Waals surface area contributed by atoms with Gasteiger partial charge in [0.05, 0.1) is 0 Å². The number of fused-ring (bicyclic) bond motifs is 2. The van der Waals surface area contributed by atoms with Gasteiger partial charge >= 0.3 is 0 Å². The number of hydrogen-bond donors (Lipinski definition) is 0. The lowest BCUT2D eigenvalue weighted by atomic mass is 9.85. The molecule has 0 saturated carbocycles. The van der Waals surface area contributed by atoms with Gasteiger partial charge in [0.15, 0.2) is 0 Å². The molecule has 0 aromatic heterocycles. The molecule has 0 fully saturated rings. The van der Waals surface area contributed by atoms with E-state index in [1.807, 2.05) is 6.08 Å². The lowest BCUT2D eigenvalue weighted by Crippen LogP contribution is -1.93. The first-order valence-corrected chi connectivity index (χ1v) is 9.71. The van der Waals surface area contributed by atoms with E-state index in [2.05, 4.69) is 111 Å². The number of aryl methyl sites for hydroxylation is 1. The van der Waals surface area contributed by atoms with Crippen LogP contribution < -0.4 is 0 Å². The topological polar surface area (TPSA) is 0 Å². The van der Waals surface area contributed by atoms with Gasteiger partial charge in [-0.25, -0.2) is 0 Å². The molecule has 0 N–H and O–H groups in total. The quantitative estimate of drug-likeness (QED) is 0.255. The predicted octanol–water partition coefficient (Wildman–Crippen LogP) is 8.11. The molecule has 0 amide bonds. The van der Waals surface area contributed by atoms with Crippen molar-refractivity contribution in [1.82, 2.24) is 0 Å². The summed E-state index contributed by atoms with van der Waals surface area (Å²) >= 11 is 0. The summed E-state index contributed by atoms with van der Waals surface area (Å²) in [6.45, 7) is 8.14. The van der Waals surface area contributed by atoms with Crippen molar-refractivity contribution in [2.45, 2.75) is 13.8 Å². The van der Waals surface area contributed by atoms with E-state index in [-0.39, 0.29) is 0 Å². The molecular formula is C28H24. The molecule has 0 aliphatic heterocycles. The van der Waals surface area contributed by atoms with Crippen LogP contribution >= 0.6 is 0 Å². The van der Waals surface area contributed by atoms with Crippen molar-refractivity contribution in [3.63, 3.8) is 0 Å². The van der Waals surface area contributed by atoms with Crippen molar-refractivity contribution in [3.8, 4) is 11.1 Å². The molecule has 0 spiro atoms. The van der Waals surface area contributed by atoms with E-state index in [4.69, 9.17) is 0 Å². The summed E-state index contributed by atoms with van der Waals surface area (Å²) < 4.78 is 0. The fourth-order valence-corrected chi connectivity index (χ4v) is 4.08. The number of rotatable bonds is 4. The lowest BCUT2D eigenvalue weighted by molar-refractivity contribution is 1.47. The average Bonchev–Trinajstić information content (AvgIpc) is 2.72. The largest absolute Gasteiger partial charge is 0.0990 e. The third kappa shape index (κ3) is 3.08. The molecule has 0 aliphatic carbocycles. The molecule has 0 nitrogen and oxygen atoms in total. The Morgan fingerprint density at radius 1 is 0.786 bits per heavy atom. The molecular weight excluding hydrogens is 336 g/mol. The average molecular weight is 361 g/mol. The van der Waals surface area contributed by atoms with Gasteiger partial charge in [0.25, 0.3) is 0 Å². The first-order valence-electron chi connectivity index (χ1n) is 9.71. The van der Waals surface area contributed by atoms with Gasteiger partial charge in [-0.15, -0.1) is 0 Å². The summed E-state index contributed by atoms with van der Waals surface area (Å²) in [6.07, 6.45) is 8.23. The Labute approximate surface area is 167 Å². The summed E-state index contributed by atoms with van der Waals surface area (Å²) in [4.78, 5) is 0. The van der Waals surface area contributed by atoms with Crippen molar-refractivity contribution in [2.24, 2.45) is 0 Å². The first-order chi connectivity index (χ1) is 13.7. The second-order valence-corrected chi connectivity index (χ2v) is 7.07. The Morgan fingerprint density at radius 2 is 1.39 bits per heavy atom. The molecule has 0 saturated heterocycles. The monoisotopic (exact) mass is 360 g/mol. The molecule has 4 rings (SSSR count). The van der Waals surface area contributed by atoms with Crippen molar-refractivity contribution in [3.05, 3.63) is 115 Å². The molecule has 0 atom stereocenters. The van der Waals surface area contributed by atoms with Gasteiger partial charge < -0.3 is 0 Å². The number of hydrogen-bond acceptors (Lipinski definition) is 0. The Bertz CT molecular complexity index is 1180. The van der Waals surface area contributed by atoms with Crippen LogP contribution in [0.25, 0.3) is 38.2 Å². The van der Waals surface area contributed by atoms with E-state index < -0.39 is 0 Å². The minimum absolute atomic E-state index is 1.18. The first kappa shape index (κ1) is 18.0. The van der Waals surface area contributed by atoms with Crippen molar-refractivity contribution in [2.75, 3.05) is 0 Å². The normalized spacial score (nSPS) is 12.1. The number of allylic oxidation sites excluding steroid dienone is 5. The molecule has 4 aromatic rings. The van der Waals surface area contributed by atoms with Crippen molar-refractivity contribution >= 4 is 27.1 Å². The SMILES string of the molecule is C=C/C=C(\C=C/C)c1c2ccccc2c(-c2cccc(C)c2)c2ccccc12. The summed E-state index contributed by atoms with van der Waals surface area (Å²) in [5.74, 6) is 0. The smallest absolute Gasteiger partial charge is 0.00263 e. The molecule has 28 heavy (non-hydrogen) atoms. The van der Waals surface area contributed by atoms with Crippen LogP contribution in [0.15, 0.2) is 104 Å². The maximum absolute atomic E-state index is 3.93. The highest BCUT2D eigenvalue weighted by atomic mass is 14.2. The number of benzene rings is 4. The molecule has 0 radical (unpaired) electrons. The summed E-state index contributed by atoms with van der Waals surface area (Å²) in [6, 6.07) is 26.3. The zero-order chi connectivity index (χ0) is 19.5. The van der Waals surface area contributed by atoms with Gasteiger partial charge in [-0.1, -0.05) is 109 Å². The van der Waals surface area contributed by atoms with E-state index in [1.54, 1.807) is 0 Å². The van der Waals surface area contributed by atoms with Gasteiger partial charge in [-0.2, -0.15) is 0 Å². The Kier molecular flexibility index (Phi) is 4.95. The van der Waals surface area contributed by atoms with E-state index in [9.17, 15) is 0 Å². The Balaban J connectivity index is 2.24. The van der Waals surface area contributed by atoms with Gasteiger partial charge in [-0.05, 0) is 57.7 Å². The highest BCUT2D eigenvalue weighted by Gasteiger charge is 2.16. The summed E-state index contributed by atoms with van der Waals surface area (Å²) in [5.41, 5.74) is 6.29. The van der Waals surface area contributed by atoms with Gasteiger partial charge in [0.1, 0.15) is 0 Å². The van der Waals surface area contributed by atoms with E-state index >= 15 is 0 Å². The fourth-order valence-electron chi connectivity index (χ4n) is 4.08. The van der Waals surface area contributed by atoms with Crippen LogP contribution in [-0.4, -0.2) is 0 Å². The van der Waals surface area contributed by atoms with E-state index in [0.717, 1.165) is 0 Å². The van der Waals surface area contributed by atoms with Crippen LogP contribution in [-0.2, 0) is 0 Å². The molecule has 0 heterocycles. The molecule has 0 aliphatic rings. The highest BCUT2D eigenvalue weighted by molar-refractivity contribution is 6.19. The third-order valence-corrected chi connectivity index (χ3v) is 5.17. The van der Waals surface area contributed by atoms with Crippen LogP contribution in [0.4, 0.5) is 0 Å². The van der Waals surface area contributed by atoms with Gasteiger partial charge in [0.2, 0.25) is 0 Å². The van der Waals surface area contributed by atoms with Crippen LogP contribution in [0.5, 0.6) is 0 Å². The second kappa shape index (κ2) is 7.70. The Hall–Kier alpha value is -3.38. The highest BCUT2D eigenvalue weighted by Crippen LogP contribution is 2.42. The minimum atomic E-state index is 1.18. The van der Waals surface area contributed by atoms with E-state index in [1.165, 1.54) is 49.4 Å². The summed E-state index contributed by atoms with van der Waals surface area (Å²) in [5, 5.41) is 5.09. The van der Waals surface area contributed by atoms with E-state index in [0.29, 0.717) is 0 Å². The fraction of sp³-hybridized carbons (Fsp3) is 0.0714. The third-order valence-electron chi connectivity index (χ3n) is 5.17. The molecule has 0 unspecified atom stereocenters. The van der Waals surface area contributed by atoms with Gasteiger partial charge in [0, 0.05) is 0 Å². The van der Waals surface area contributed by atoms with Crippen LogP contribution in [0.1, 0.15) is 18.1 Å². The standard InChI is InChI=1S/C28H24/c1-4-11-21(12-5-2)27-23-15-6-8-17-25(23)28(22-14-10-13-20(3)19-22)26-18-9-7-16-24(26)27/h4-19H,1H2,2-3H3/b12-5-,21-11+. The lowest BCUT2D eigenvalue weighted by Gasteiger charge is -2.18. The predicted molar refractivity (Wildman–Crippen MR) is 125 cm³/mol. The maximum atomic E-state index is 3.93. The Morgan fingerprint density at radius 3 is 1.93 bits per heavy atom. The summed E-state index contributed by atoms with van der Waals surface area (Å²) in [7, 11) is 0. The maximum Gasteiger partial charge on any atom is -0.00263 e. The van der Waals surface area contributed by atoms with Crippen LogP contribution in [0.2, 0.25) is 0 Å². The van der Waals surface area contributed by atoms with Gasteiger partial charge in [-0.3, -0.25) is 0 Å². The molecule has 0 bridgehead atoms. The molecule has 4 aromatic carbocycles. The molecule has 136 valence electrons. The van der Waals surface area contributed by atoms with Crippen molar-refractivity contribution in [1.29, 1.82) is 0 Å². The zero-order valence-corrected chi connectivity index (χ0v) is 16.4. The second-order valence-electron chi connectivity index (χ2n) is 7.07. The molecule has 0 heteroatoms. The minimum Gasteiger partial charge on any atom is -0.0990 e. The van der Waals surface area contributed by atoms with Crippen LogP contribution in [0.3, 0.4) is 0 Å². The van der Waals surface area contributed by atoms with Crippen molar-refractivity contribution < 1.29 is 0 Å². The van der Waals surface area contributed by atoms with Crippen LogP contribution in [0, 0.1) is 6.92 Å².